The molecule has 0 bridgehead atoms. The Balaban J connectivity index is 2.09. The quantitative estimate of drug-likeness (QED) is 0.895. The molecule has 2 rings (SSSR count). The van der Waals surface area contributed by atoms with Gasteiger partial charge in [0.2, 0.25) is 5.95 Å². The van der Waals surface area contributed by atoms with E-state index in [4.69, 9.17) is 4.74 Å². The molecule has 1 saturated heterocycles. The van der Waals surface area contributed by atoms with Crippen molar-refractivity contribution < 1.29 is 8.95 Å². The van der Waals surface area contributed by atoms with Gasteiger partial charge in [0, 0.05) is 47.7 Å². The molecular formula is C13H23N3O2S. The van der Waals surface area contributed by atoms with Crippen LogP contribution < -0.4 is 5.32 Å². The molecule has 108 valence electrons. The fourth-order valence-electron chi connectivity index (χ4n) is 2.47. The number of ether oxygens (including phenoxy) is 1. The van der Waals surface area contributed by atoms with Crippen molar-refractivity contribution >= 4 is 16.7 Å². The molecule has 1 fully saturated rings. The Bertz CT molecular complexity index is 437. The van der Waals surface area contributed by atoms with Gasteiger partial charge in [-0.15, -0.1) is 0 Å². The van der Waals surface area contributed by atoms with Gasteiger partial charge in [0.1, 0.15) is 0 Å². The molecule has 1 aliphatic heterocycles. The van der Waals surface area contributed by atoms with Crippen LogP contribution >= 0.6 is 0 Å². The van der Waals surface area contributed by atoms with E-state index >= 15 is 0 Å². The number of nitrogens with zero attached hydrogens (tertiary/aromatic N) is 2. The van der Waals surface area contributed by atoms with Crippen LogP contribution in [0.2, 0.25) is 0 Å². The molecule has 1 aliphatic rings. The number of aryl methyl sites for hydroxylation is 1. The normalized spacial score (nSPS) is 25.2. The highest BCUT2D eigenvalue weighted by atomic mass is 32.2. The van der Waals surface area contributed by atoms with Crippen LogP contribution in [0, 0.1) is 6.92 Å². The maximum absolute atomic E-state index is 11.4. The number of rotatable bonds is 5. The second-order valence-corrected chi connectivity index (χ2v) is 6.89. The zero-order valence-electron chi connectivity index (χ0n) is 11.9. The molecule has 1 aromatic rings. The Morgan fingerprint density at radius 1 is 1.58 bits per heavy atom. The van der Waals surface area contributed by atoms with Crippen molar-refractivity contribution in [3.63, 3.8) is 0 Å². The maximum Gasteiger partial charge on any atom is 0.203 e. The summed E-state index contributed by atoms with van der Waals surface area (Å²) < 4.78 is 18.8. The minimum atomic E-state index is -0.622. The van der Waals surface area contributed by atoms with Crippen LogP contribution in [0.5, 0.6) is 0 Å². The SMILES string of the molecule is COCC(C)Nc1nc(C)cn1C1CCS(=O)CC1. The fourth-order valence-corrected chi connectivity index (χ4v) is 3.75. The van der Waals surface area contributed by atoms with Gasteiger partial charge >= 0.3 is 0 Å². The minimum absolute atomic E-state index is 0.225. The molecule has 6 heteroatoms. The molecule has 0 aromatic carbocycles. The van der Waals surface area contributed by atoms with E-state index in [-0.39, 0.29) is 6.04 Å². The number of methoxy groups -OCH3 is 1. The smallest absolute Gasteiger partial charge is 0.203 e. The van der Waals surface area contributed by atoms with Crippen LogP contribution in [0.3, 0.4) is 0 Å². The lowest BCUT2D eigenvalue weighted by molar-refractivity contribution is 0.190. The second-order valence-electron chi connectivity index (χ2n) is 5.19. The summed E-state index contributed by atoms with van der Waals surface area (Å²) >= 11 is 0. The van der Waals surface area contributed by atoms with Crippen molar-refractivity contribution in [1.29, 1.82) is 0 Å². The maximum atomic E-state index is 11.4. The number of hydrogen-bond acceptors (Lipinski definition) is 4. The lowest BCUT2D eigenvalue weighted by Crippen LogP contribution is -2.26. The van der Waals surface area contributed by atoms with Crippen LogP contribution in [0.1, 0.15) is 31.5 Å². The number of hydrogen-bond donors (Lipinski definition) is 1. The Kier molecular flexibility index (Phi) is 4.99. The van der Waals surface area contributed by atoms with Gasteiger partial charge in [-0.25, -0.2) is 4.98 Å². The molecule has 1 aromatic heterocycles. The van der Waals surface area contributed by atoms with E-state index in [0.717, 1.165) is 36.0 Å². The van der Waals surface area contributed by atoms with Crippen molar-refractivity contribution in [3.05, 3.63) is 11.9 Å². The first-order valence-corrected chi connectivity index (χ1v) is 8.25. The number of nitrogens with one attached hydrogen (secondary N) is 1. The van der Waals surface area contributed by atoms with Gasteiger partial charge in [-0.05, 0) is 26.7 Å². The molecule has 1 N–H and O–H groups in total. The van der Waals surface area contributed by atoms with Crippen molar-refractivity contribution in [3.8, 4) is 0 Å². The van der Waals surface area contributed by atoms with E-state index in [9.17, 15) is 4.21 Å². The molecule has 0 radical (unpaired) electrons. The minimum Gasteiger partial charge on any atom is -0.383 e. The van der Waals surface area contributed by atoms with E-state index < -0.39 is 10.8 Å². The zero-order chi connectivity index (χ0) is 13.8. The van der Waals surface area contributed by atoms with Gasteiger partial charge in [0.05, 0.1) is 12.3 Å². The van der Waals surface area contributed by atoms with E-state index in [1.165, 1.54) is 0 Å². The predicted molar refractivity (Wildman–Crippen MR) is 78.1 cm³/mol. The van der Waals surface area contributed by atoms with E-state index in [2.05, 4.69) is 28.0 Å². The van der Waals surface area contributed by atoms with Gasteiger partial charge in [-0.1, -0.05) is 0 Å². The van der Waals surface area contributed by atoms with E-state index in [1.807, 2.05) is 6.92 Å². The van der Waals surface area contributed by atoms with Crippen LogP contribution in [0.25, 0.3) is 0 Å². The molecule has 0 amide bonds. The van der Waals surface area contributed by atoms with E-state index in [1.54, 1.807) is 7.11 Å². The summed E-state index contributed by atoms with van der Waals surface area (Å²) in [7, 11) is 1.08. The highest BCUT2D eigenvalue weighted by Gasteiger charge is 2.22. The zero-order valence-corrected chi connectivity index (χ0v) is 12.7. The third-order valence-corrected chi connectivity index (χ3v) is 4.78. The molecule has 19 heavy (non-hydrogen) atoms. The second kappa shape index (κ2) is 6.52. The van der Waals surface area contributed by atoms with Crippen molar-refractivity contribution in [2.45, 2.75) is 38.8 Å². The van der Waals surface area contributed by atoms with Gasteiger partial charge in [0.25, 0.3) is 0 Å². The summed E-state index contributed by atoms with van der Waals surface area (Å²) in [5.41, 5.74) is 1.01. The average Bonchev–Trinajstić information content (AvgIpc) is 2.71. The summed E-state index contributed by atoms with van der Waals surface area (Å²) in [6.07, 6.45) is 4.02. The summed E-state index contributed by atoms with van der Waals surface area (Å²) in [6, 6.07) is 0.638. The molecule has 5 nitrogen and oxygen atoms in total. The Morgan fingerprint density at radius 2 is 2.26 bits per heavy atom. The van der Waals surface area contributed by atoms with Gasteiger partial charge < -0.3 is 14.6 Å². The van der Waals surface area contributed by atoms with E-state index in [0.29, 0.717) is 12.6 Å². The first-order chi connectivity index (χ1) is 9.10. The highest BCUT2D eigenvalue weighted by Crippen LogP contribution is 2.26. The number of anilines is 1. The Morgan fingerprint density at radius 3 is 2.89 bits per heavy atom. The monoisotopic (exact) mass is 285 g/mol. The van der Waals surface area contributed by atoms with Crippen molar-refractivity contribution in [2.75, 3.05) is 30.5 Å². The topological polar surface area (TPSA) is 56.1 Å². The summed E-state index contributed by atoms with van der Waals surface area (Å²) in [4.78, 5) is 4.55. The Hall–Kier alpha value is -0.880. The van der Waals surface area contributed by atoms with Crippen LogP contribution in [0.15, 0.2) is 6.20 Å². The highest BCUT2D eigenvalue weighted by molar-refractivity contribution is 7.85. The average molecular weight is 285 g/mol. The molecule has 0 saturated carbocycles. The largest absolute Gasteiger partial charge is 0.383 e. The fraction of sp³-hybridized carbons (Fsp3) is 0.769. The Labute approximate surface area is 117 Å². The number of imidazole rings is 1. The van der Waals surface area contributed by atoms with Gasteiger partial charge in [-0.2, -0.15) is 0 Å². The molecule has 1 unspecified atom stereocenters. The first-order valence-electron chi connectivity index (χ1n) is 6.76. The van der Waals surface area contributed by atoms with Crippen molar-refractivity contribution in [2.24, 2.45) is 0 Å². The summed E-state index contributed by atoms with van der Waals surface area (Å²) in [5.74, 6) is 2.50. The third-order valence-electron chi connectivity index (χ3n) is 3.40. The van der Waals surface area contributed by atoms with Crippen LogP contribution in [-0.4, -0.2) is 45.0 Å². The first kappa shape index (κ1) is 14.5. The lowest BCUT2D eigenvalue weighted by atomic mass is 10.1. The molecule has 2 heterocycles. The molecule has 0 aliphatic carbocycles. The lowest BCUT2D eigenvalue weighted by Gasteiger charge is -2.25. The molecule has 0 spiro atoms. The standard InChI is InChI=1S/C13H23N3O2S/c1-10-8-16(12-4-6-19(17)7-5-12)13(14-10)15-11(2)9-18-3/h8,11-12H,4-7,9H2,1-3H3,(H,14,15). The summed E-state index contributed by atoms with van der Waals surface area (Å²) in [5, 5.41) is 3.39. The van der Waals surface area contributed by atoms with Crippen LogP contribution in [0.4, 0.5) is 5.95 Å². The van der Waals surface area contributed by atoms with Crippen molar-refractivity contribution in [1.82, 2.24) is 9.55 Å². The molecular weight excluding hydrogens is 262 g/mol. The van der Waals surface area contributed by atoms with Crippen LogP contribution in [-0.2, 0) is 15.5 Å². The van der Waals surface area contributed by atoms with Gasteiger partial charge in [0.15, 0.2) is 0 Å². The summed E-state index contributed by atoms with van der Waals surface area (Å²) in [6.45, 7) is 4.73. The predicted octanol–water partition coefficient (Wildman–Crippen LogP) is 1.72. The van der Waals surface area contributed by atoms with Gasteiger partial charge in [-0.3, -0.25) is 4.21 Å². The third kappa shape index (κ3) is 3.79. The number of aromatic nitrogens is 2. The molecule has 1 atom stereocenters.